The topological polar surface area (TPSA) is 46.6 Å². The summed E-state index contributed by atoms with van der Waals surface area (Å²) in [6, 6.07) is 12.2. The number of carbonyl (C=O) groups excluding carboxylic acids is 2. The molecule has 0 saturated heterocycles. The average Bonchev–Trinajstić information content (AvgIpc) is 2.79. The lowest BCUT2D eigenvalue weighted by Gasteiger charge is -2.49. The highest BCUT2D eigenvalue weighted by Gasteiger charge is 2.58. The maximum Gasteiger partial charge on any atom is 0.471 e. The molecule has 1 amide bonds. The van der Waals surface area contributed by atoms with Crippen molar-refractivity contribution in [2.75, 3.05) is 7.11 Å². The number of rotatable bonds is 4. The summed E-state index contributed by atoms with van der Waals surface area (Å²) in [6.45, 7) is 1.69. The van der Waals surface area contributed by atoms with Crippen molar-refractivity contribution in [3.8, 4) is 12.3 Å². The summed E-state index contributed by atoms with van der Waals surface area (Å²) in [5.41, 5.74) is -0.786. The quantitative estimate of drug-likeness (QED) is 0.316. The molecule has 8 heteroatoms. The Morgan fingerprint density at radius 2 is 1.82 bits per heavy atom. The molecule has 1 aliphatic rings. The summed E-state index contributed by atoms with van der Waals surface area (Å²) in [4.78, 5) is 26.8. The Labute approximate surface area is 198 Å². The number of hydrogen-bond acceptors (Lipinski definition) is 3. The zero-order valence-electron chi connectivity index (χ0n) is 17.9. The van der Waals surface area contributed by atoms with Gasteiger partial charge < -0.3 is 9.64 Å². The number of amides is 1. The van der Waals surface area contributed by atoms with E-state index in [-0.39, 0.29) is 6.42 Å². The number of carbonyl (C=O) groups is 2. The molecule has 0 spiro atoms. The van der Waals surface area contributed by atoms with Crippen LogP contribution < -0.4 is 0 Å². The third-order valence-electron chi connectivity index (χ3n) is 5.74. The Hall–Kier alpha value is -3.05. The van der Waals surface area contributed by atoms with Gasteiger partial charge in [0, 0.05) is 16.5 Å². The molecular weight excluding hydrogens is 499 g/mol. The van der Waals surface area contributed by atoms with Gasteiger partial charge in [0.15, 0.2) is 5.54 Å². The molecule has 33 heavy (non-hydrogen) atoms. The number of esters is 1. The molecule has 0 saturated carbocycles. The van der Waals surface area contributed by atoms with Crippen molar-refractivity contribution >= 4 is 27.8 Å². The first-order chi connectivity index (χ1) is 15.6. The van der Waals surface area contributed by atoms with Crippen LogP contribution in [-0.4, -0.2) is 35.6 Å². The van der Waals surface area contributed by atoms with Crippen LogP contribution in [0.4, 0.5) is 13.2 Å². The van der Waals surface area contributed by atoms with Crippen LogP contribution in [-0.2, 0) is 20.7 Å². The number of alkyl halides is 3. The van der Waals surface area contributed by atoms with E-state index in [0.717, 1.165) is 7.11 Å². The largest absolute Gasteiger partial charge is 0.471 e. The van der Waals surface area contributed by atoms with Crippen LogP contribution in [0.25, 0.3) is 0 Å². The molecule has 0 radical (unpaired) electrons. The SMILES string of the molecule is C#Cc1ccccc1C[C@]1(C(=O)OC)C=C[C@H](C)[C@@H](c2ccccc2Br)N1C(=O)C(F)(F)F. The lowest BCUT2D eigenvalue weighted by molar-refractivity contribution is -0.199. The Kier molecular flexibility index (Phi) is 7.03. The van der Waals surface area contributed by atoms with Crippen molar-refractivity contribution in [2.45, 2.75) is 31.1 Å². The van der Waals surface area contributed by atoms with Crippen LogP contribution in [0.2, 0.25) is 0 Å². The highest BCUT2D eigenvalue weighted by Crippen LogP contribution is 2.46. The third-order valence-corrected chi connectivity index (χ3v) is 6.46. The van der Waals surface area contributed by atoms with Crippen molar-refractivity contribution in [3.63, 3.8) is 0 Å². The predicted octanol–water partition coefficient (Wildman–Crippen LogP) is 5.22. The number of hydrogen-bond donors (Lipinski definition) is 0. The van der Waals surface area contributed by atoms with Gasteiger partial charge in [0.05, 0.1) is 13.2 Å². The normalized spacial score (nSPS) is 22.5. The van der Waals surface area contributed by atoms with Crippen molar-refractivity contribution in [2.24, 2.45) is 5.92 Å². The molecule has 0 fully saturated rings. The zero-order valence-corrected chi connectivity index (χ0v) is 19.5. The summed E-state index contributed by atoms with van der Waals surface area (Å²) >= 11 is 3.38. The lowest BCUT2D eigenvalue weighted by Crippen LogP contribution is -2.64. The van der Waals surface area contributed by atoms with E-state index < -0.39 is 35.6 Å². The summed E-state index contributed by atoms with van der Waals surface area (Å²) in [6.07, 6.45) is 3.03. The van der Waals surface area contributed by atoms with E-state index in [4.69, 9.17) is 11.2 Å². The summed E-state index contributed by atoms with van der Waals surface area (Å²) in [5, 5.41) is 0. The van der Waals surface area contributed by atoms with Gasteiger partial charge in [-0.25, -0.2) is 4.79 Å². The molecule has 2 aromatic rings. The molecule has 1 aliphatic heterocycles. The Balaban J connectivity index is 2.32. The van der Waals surface area contributed by atoms with Crippen molar-refractivity contribution in [1.29, 1.82) is 0 Å². The van der Waals surface area contributed by atoms with E-state index >= 15 is 0 Å². The standard InChI is InChI=1S/C25H21BrF3NO3/c1-4-17-9-5-6-10-18(17)15-24(23(32)33-3)14-13-16(2)21(19-11-7-8-12-20(19)26)30(24)22(31)25(27,28)29/h1,5-14,16,21H,15H2,2-3H3/t16-,21-,24-/m0/s1. The number of nitrogens with zero attached hydrogens (tertiary/aromatic N) is 1. The van der Waals surface area contributed by atoms with Crippen molar-refractivity contribution in [1.82, 2.24) is 4.90 Å². The minimum absolute atomic E-state index is 0.286. The molecular formula is C25H21BrF3NO3. The zero-order chi connectivity index (χ0) is 24.4. The Morgan fingerprint density at radius 3 is 2.42 bits per heavy atom. The number of halogens is 4. The maximum atomic E-state index is 13.9. The smallest absolute Gasteiger partial charge is 0.467 e. The third kappa shape index (κ3) is 4.55. The van der Waals surface area contributed by atoms with Crippen molar-refractivity contribution < 1.29 is 27.5 Å². The Bertz CT molecular complexity index is 1140. The second-order valence-corrected chi connectivity index (χ2v) is 8.61. The number of methoxy groups -OCH3 is 1. The van der Waals surface area contributed by atoms with Gasteiger partial charge in [-0.2, -0.15) is 13.2 Å². The average molecular weight is 520 g/mol. The van der Waals surface area contributed by atoms with Gasteiger partial charge in [-0.1, -0.05) is 77.3 Å². The molecule has 0 aliphatic carbocycles. The summed E-state index contributed by atoms with van der Waals surface area (Å²) in [5.74, 6) is -1.18. The molecule has 0 unspecified atom stereocenters. The van der Waals surface area contributed by atoms with E-state index in [1.807, 2.05) is 0 Å². The van der Waals surface area contributed by atoms with Crippen LogP contribution in [0, 0.1) is 18.3 Å². The fraction of sp³-hybridized carbons (Fsp3) is 0.280. The predicted molar refractivity (Wildman–Crippen MR) is 121 cm³/mol. The first-order valence-corrected chi connectivity index (χ1v) is 10.8. The van der Waals surface area contributed by atoms with E-state index in [9.17, 15) is 22.8 Å². The van der Waals surface area contributed by atoms with Gasteiger partial charge in [-0.15, -0.1) is 6.42 Å². The summed E-state index contributed by atoms with van der Waals surface area (Å²) in [7, 11) is 1.08. The van der Waals surface area contributed by atoms with Crippen LogP contribution in [0.15, 0.2) is 65.2 Å². The van der Waals surface area contributed by atoms with Gasteiger partial charge in [-0.3, -0.25) is 4.79 Å². The molecule has 0 bridgehead atoms. The molecule has 0 aromatic heterocycles. The monoisotopic (exact) mass is 519 g/mol. The van der Waals surface area contributed by atoms with E-state index in [1.165, 1.54) is 6.08 Å². The highest BCUT2D eigenvalue weighted by molar-refractivity contribution is 9.10. The Morgan fingerprint density at radius 1 is 1.18 bits per heavy atom. The molecule has 0 N–H and O–H groups in total. The first-order valence-electron chi connectivity index (χ1n) is 10.0. The molecule has 3 atom stereocenters. The second-order valence-electron chi connectivity index (χ2n) is 7.75. The fourth-order valence-electron chi connectivity index (χ4n) is 4.23. The number of ether oxygens (including phenoxy) is 1. The first kappa shape index (κ1) is 24.6. The van der Waals surface area contributed by atoms with E-state index in [0.29, 0.717) is 26.1 Å². The van der Waals surface area contributed by atoms with Gasteiger partial charge in [0.25, 0.3) is 0 Å². The minimum atomic E-state index is -5.23. The lowest BCUT2D eigenvalue weighted by atomic mass is 9.77. The molecule has 172 valence electrons. The summed E-state index contributed by atoms with van der Waals surface area (Å²) < 4.78 is 47.3. The van der Waals surface area contributed by atoms with Crippen LogP contribution in [0.5, 0.6) is 0 Å². The molecule has 1 heterocycles. The van der Waals surface area contributed by atoms with Gasteiger partial charge in [0.2, 0.25) is 0 Å². The van der Waals surface area contributed by atoms with E-state index in [2.05, 4.69) is 21.9 Å². The van der Waals surface area contributed by atoms with Crippen molar-refractivity contribution in [3.05, 3.63) is 81.8 Å². The molecule has 4 nitrogen and oxygen atoms in total. The molecule has 2 aromatic carbocycles. The highest BCUT2D eigenvalue weighted by atomic mass is 79.9. The molecule has 3 rings (SSSR count). The van der Waals surface area contributed by atoms with Crippen LogP contribution in [0.1, 0.15) is 29.7 Å². The van der Waals surface area contributed by atoms with Crippen LogP contribution in [0.3, 0.4) is 0 Å². The fourth-order valence-corrected chi connectivity index (χ4v) is 4.75. The number of benzene rings is 2. The van der Waals surface area contributed by atoms with Gasteiger partial charge >= 0.3 is 18.1 Å². The maximum absolute atomic E-state index is 13.9. The number of terminal acetylenes is 1. The van der Waals surface area contributed by atoms with Gasteiger partial charge in [0.1, 0.15) is 0 Å². The van der Waals surface area contributed by atoms with Gasteiger partial charge in [-0.05, 0) is 29.2 Å². The van der Waals surface area contributed by atoms with E-state index in [1.54, 1.807) is 61.5 Å². The van der Waals surface area contributed by atoms with Crippen LogP contribution >= 0.6 is 15.9 Å². The second kappa shape index (κ2) is 9.44. The minimum Gasteiger partial charge on any atom is -0.467 e.